The number of hydrogen-bond donors (Lipinski definition) is 1. The minimum atomic E-state index is 0.239. The van der Waals surface area contributed by atoms with Crippen molar-refractivity contribution in [1.82, 2.24) is 0 Å². The van der Waals surface area contributed by atoms with Crippen molar-refractivity contribution in [1.29, 1.82) is 0 Å². The Morgan fingerprint density at radius 1 is 0.600 bits per heavy atom. The van der Waals surface area contributed by atoms with Gasteiger partial charge in [0.25, 0.3) is 0 Å². The lowest BCUT2D eigenvalue weighted by Crippen LogP contribution is -1.85. The molecule has 0 aliphatic carbocycles. The van der Waals surface area contributed by atoms with E-state index in [0.717, 1.165) is 6.42 Å². The summed E-state index contributed by atoms with van der Waals surface area (Å²) in [6, 6.07) is 0. The van der Waals surface area contributed by atoms with Crippen molar-refractivity contribution in [3.63, 3.8) is 0 Å². The molecule has 0 aliphatic rings. The van der Waals surface area contributed by atoms with E-state index < -0.39 is 0 Å². The minimum absolute atomic E-state index is 0.239. The fourth-order valence-electron chi connectivity index (χ4n) is 2.45. The first-order valence-electron chi connectivity index (χ1n) is 8.99. The van der Waals surface area contributed by atoms with Gasteiger partial charge in [-0.1, -0.05) is 76.9 Å². The van der Waals surface area contributed by atoms with Crippen molar-refractivity contribution in [3.8, 4) is 0 Å². The Balaban J connectivity index is 3.01. The van der Waals surface area contributed by atoms with Crippen LogP contribution in [0, 0.1) is 6.42 Å². The monoisotopic (exact) mass is 281 g/mol. The van der Waals surface area contributed by atoms with Crippen LogP contribution < -0.4 is 0 Å². The Morgan fingerprint density at radius 3 is 1.55 bits per heavy atom. The number of hydrogen-bond acceptors (Lipinski definition) is 1. The summed E-state index contributed by atoms with van der Waals surface area (Å²) >= 11 is 0. The predicted octanol–water partition coefficient (Wildman–Crippen LogP) is 6.22. The van der Waals surface area contributed by atoms with Crippen LogP contribution in [-0.2, 0) is 0 Å². The molecule has 0 unspecified atom stereocenters. The highest BCUT2D eigenvalue weighted by molar-refractivity contribution is 4.81. The third-order valence-corrected chi connectivity index (χ3v) is 3.80. The van der Waals surface area contributed by atoms with Gasteiger partial charge in [0.1, 0.15) is 0 Å². The van der Waals surface area contributed by atoms with Crippen LogP contribution in [0.3, 0.4) is 0 Å². The van der Waals surface area contributed by atoms with Crippen LogP contribution in [0.4, 0.5) is 0 Å². The van der Waals surface area contributed by atoms with Gasteiger partial charge < -0.3 is 5.11 Å². The van der Waals surface area contributed by atoms with Crippen LogP contribution in [0.5, 0.6) is 0 Å². The number of aliphatic hydroxyl groups excluding tert-OH is 1. The highest BCUT2D eigenvalue weighted by Crippen LogP contribution is 2.10. The molecule has 119 valence electrons. The lowest BCUT2D eigenvalue weighted by atomic mass is 10.1. The number of unbranched alkanes of at least 4 members (excludes halogenated alkanes) is 13. The average Bonchev–Trinajstić information content (AvgIpc) is 2.47. The van der Waals surface area contributed by atoms with Gasteiger partial charge in [-0.15, -0.1) is 0 Å². The maximum Gasteiger partial charge on any atom is 0.0462 e. The number of rotatable bonds is 16. The van der Waals surface area contributed by atoms with Crippen molar-refractivity contribution < 1.29 is 5.11 Å². The molecular weight excluding hydrogens is 244 g/mol. The lowest BCUT2D eigenvalue weighted by molar-refractivity contribution is 0.322. The molecular formula is C19H37O. The van der Waals surface area contributed by atoms with Crippen LogP contribution in [0.15, 0.2) is 12.2 Å². The molecule has 0 saturated heterocycles. The highest BCUT2D eigenvalue weighted by atomic mass is 16.2. The molecule has 0 aromatic rings. The van der Waals surface area contributed by atoms with Gasteiger partial charge in [0.05, 0.1) is 0 Å². The van der Waals surface area contributed by atoms with E-state index in [9.17, 15) is 0 Å². The van der Waals surface area contributed by atoms with E-state index in [1.807, 2.05) is 6.42 Å². The summed E-state index contributed by atoms with van der Waals surface area (Å²) < 4.78 is 0. The fourth-order valence-corrected chi connectivity index (χ4v) is 2.45. The molecule has 0 aliphatic heterocycles. The molecule has 0 heterocycles. The molecule has 0 bridgehead atoms. The van der Waals surface area contributed by atoms with Crippen molar-refractivity contribution in [2.24, 2.45) is 0 Å². The normalized spacial score (nSPS) is 11.5. The number of allylic oxidation sites excluding steroid dienone is 2. The Kier molecular flexibility index (Phi) is 18.4. The summed E-state index contributed by atoms with van der Waals surface area (Å²) in [5.74, 6) is 0. The predicted molar refractivity (Wildman–Crippen MR) is 90.8 cm³/mol. The molecule has 1 N–H and O–H groups in total. The molecule has 0 amide bonds. The number of aliphatic hydroxyl groups is 1. The first kappa shape index (κ1) is 19.7. The molecule has 0 rings (SSSR count). The van der Waals surface area contributed by atoms with Crippen LogP contribution >= 0.6 is 0 Å². The molecule has 1 heteroatoms. The summed E-state index contributed by atoms with van der Waals surface area (Å²) in [7, 11) is 0. The van der Waals surface area contributed by atoms with Crippen molar-refractivity contribution in [2.45, 2.75) is 96.8 Å². The fraction of sp³-hybridized carbons (Fsp3) is 0.842. The van der Waals surface area contributed by atoms with E-state index in [1.165, 1.54) is 83.5 Å². The second-order valence-corrected chi connectivity index (χ2v) is 5.84. The summed E-state index contributed by atoms with van der Waals surface area (Å²) in [4.78, 5) is 0. The van der Waals surface area contributed by atoms with E-state index in [2.05, 4.69) is 19.1 Å². The second-order valence-electron chi connectivity index (χ2n) is 5.84. The van der Waals surface area contributed by atoms with E-state index >= 15 is 0 Å². The molecule has 0 spiro atoms. The first-order valence-corrected chi connectivity index (χ1v) is 8.99. The second kappa shape index (κ2) is 18.7. The van der Waals surface area contributed by atoms with Gasteiger partial charge in [-0.2, -0.15) is 0 Å². The third kappa shape index (κ3) is 17.7. The van der Waals surface area contributed by atoms with Crippen LogP contribution in [-0.4, -0.2) is 11.7 Å². The van der Waals surface area contributed by atoms with Gasteiger partial charge >= 0.3 is 0 Å². The largest absolute Gasteiger partial charge is 0.396 e. The Hall–Kier alpha value is -0.300. The highest BCUT2D eigenvalue weighted by Gasteiger charge is 1.91. The summed E-state index contributed by atoms with van der Waals surface area (Å²) in [5.41, 5.74) is 0. The third-order valence-electron chi connectivity index (χ3n) is 3.80. The maximum absolute atomic E-state index is 8.62. The van der Waals surface area contributed by atoms with E-state index in [0.29, 0.717) is 0 Å². The SMILES string of the molecule is CCCCCCCC/C=C\CCCCCCC[CH]CO. The molecule has 0 atom stereocenters. The molecule has 1 radical (unpaired) electrons. The van der Waals surface area contributed by atoms with Gasteiger partial charge in [0.15, 0.2) is 0 Å². The van der Waals surface area contributed by atoms with Gasteiger partial charge in [-0.05, 0) is 38.5 Å². The molecule has 0 aromatic carbocycles. The quantitative estimate of drug-likeness (QED) is 0.263. The summed E-state index contributed by atoms with van der Waals surface area (Å²) in [6.07, 6.45) is 25.4. The van der Waals surface area contributed by atoms with Gasteiger partial charge in [0.2, 0.25) is 0 Å². The standard InChI is InChI=1S/C19H37O/c1-2-3-4-5-6-7-8-9-10-11-12-13-14-15-16-17-18-19-20/h9-10,18,20H,2-8,11-17,19H2,1H3/b10-9-. The topological polar surface area (TPSA) is 20.2 Å². The molecule has 0 aromatic heterocycles. The average molecular weight is 282 g/mol. The van der Waals surface area contributed by atoms with Crippen molar-refractivity contribution in [3.05, 3.63) is 18.6 Å². The van der Waals surface area contributed by atoms with Gasteiger partial charge in [-0.25, -0.2) is 0 Å². The van der Waals surface area contributed by atoms with Gasteiger partial charge in [-0.3, -0.25) is 0 Å². The van der Waals surface area contributed by atoms with Crippen LogP contribution in [0.2, 0.25) is 0 Å². The van der Waals surface area contributed by atoms with E-state index in [4.69, 9.17) is 5.11 Å². The zero-order valence-electron chi connectivity index (χ0n) is 13.8. The van der Waals surface area contributed by atoms with Crippen molar-refractivity contribution in [2.75, 3.05) is 6.61 Å². The smallest absolute Gasteiger partial charge is 0.0462 e. The molecule has 20 heavy (non-hydrogen) atoms. The van der Waals surface area contributed by atoms with Gasteiger partial charge in [0, 0.05) is 6.61 Å². The minimum Gasteiger partial charge on any atom is -0.396 e. The van der Waals surface area contributed by atoms with E-state index in [-0.39, 0.29) is 6.61 Å². The first-order chi connectivity index (χ1) is 9.91. The lowest BCUT2D eigenvalue weighted by Gasteiger charge is -2.00. The molecule has 1 nitrogen and oxygen atoms in total. The van der Waals surface area contributed by atoms with Crippen molar-refractivity contribution >= 4 is 0 Å². The maximum atomic E-state index is 8.62. The van der Waals surface area contributed by atoms with Crippen LogP contribution in [0.25, 0.3) is 0 Å². The zero-order chi connectivity index (χ0) is 14.7. The Labute approximate surface area is 127 Å². The Morgan fingerprint density at radius 2 is 1.05 bits per heavy atom. The molecule has 0 saturated carbocycles. The summed E-state index contributed by atoms with van der Waals surface area (Å²) in [5, 5.41) is 8.62. The summed E-state index contributed by atoms with van der Waals surface area (Å²) in [6.45, 7) is 2.51. The van der Waals surface area contributed by atoms with E-state index in [1.54, 1.807) is 0 Å². The zero-order valence-corrected chi connectivity index (χ0v) is 13.8. The Bertz CT molecular complexity index is 186. The van der Waals surface area contributed by atoms with Crippen LogP contribution in [0.1, 0.15) is 96.8 Å². The molecule has 0 fully saturated rings.